The predicted octanol–water partition coefficient (Wildman–Crippen LogP) is 4.32. The van der Waals surface area contributed by atoms with Crippen molar-refractivity contribution in [3.8, 4) is 0 Å². The zero-order valence-corrected chi connectivity index (χ0v) is 19.0. The van der Waals surface area contributed by atoms with Crippen molar-refractivity contribution < 1.29 is 24.2 Å². The Kier molecular flexibility index (Phi) is 19.5. The summed E-state index contributed by atoms with van der Waals surface area (Å²) in [4.78, 5) is 31.9. The van der Waals surface area contributed by atoms with Crippen LogP contribution in [0.25, 0.3) is 0 Å². The number of carboxylic acids is 1. The van der Waals surface area contributed by atoms with Gasteiger partial charge in [0.05, 0.1) is 6.61 Å². The lowest BCUT2D eigenvalue weighted by atomic mass is 10.1. The average Bonchev–Trinajstić information content (AvgIpc) is 3.17. The van der Waals surface area contributed by atoms with Crippen LogP contribution in [0.5, 0.6) is 0 Å². The number of aliphatic carboxylic acids is 1. The number of hydrogen-bond acceptors (Lipinski definition) is 5. The second-order valence-corrected chi connectivity index (χ2v) is 8.00. The fourth-order valence-electron chi connectivity index (χ4n) is 3.24. The van der Waals surface area contributed by atoms with Crippen LogP contribution in [0.15, 0.2) is 0 Å². The van der Waals surface area contributed by atoms with Crippen LogP contribution in [-0.4, -0.2) is 42.1 Å². The molecule has 7 heteroatoms. The molecule has 176 valence electrons. The minimum atomic E-state index is -0.944. The Bertz CT molecular complexity index is 457. The largest absolute Gasteiger partial charge is 0.480 e. The summed E-state index contributed by atoms with van der Waals surface area (Å²) in [6.07, 6.45) is 17.4. The van der Waals surface area contributed by atoms with E-state index in [0.29, 0.717) is 32.4 Å². The second-order valence-electron chi connectivity index (χ2n) is 8.00. The number of carbonyl (C=O) groups excluding carboxylic acids is 2. The zero-order chi connectivity index (χ0) is 22.5. The first kappa shape index (κ1) is 28.4. The van der Waals surface area contributed by atoms with Crippen molar-refractivity contribution in [2.24, 2.45) is 5.73 Å². The molecule has 0 bridgehead atoms. The molecule has 0 aromatic rings. The molecule has 1 unspecified atom stereocenters. The lowest BCUT2D eigenvalue weighted by Gasteiger charge is -2.05. The van der Waals surface area contributed by atoms with Gasteiger partial charge in [0.25, 0.3) is 0 Å². The Morgan fingerprint density at radius 1 is 0.967 bits per heavy atom. The minimum absolute atomic E-state index is 0.0389. The van der Waals surface area contributed by atoms with Gasteiger partial charge in [-0.2, -0.15) is 0 Å². The Morgan fingerprint density at radius 2 is 1.53 bits per heavy atom. The third-order valence-corrected chi connectivity index (χ3v) is 5.14. The molecule has 30 heavy (non-hydrogen) atoms. The summed E-state index contributed by atoms with van der Waals surface area (Å²) >= 11 is 0. The highest BCUT2D eigenvalue weighted by Gasteiger charge is 2.26. The third-order valence-electron chi connectivity index (χ3n) is 5.14. The van der Waals surface area contributed by atoms with Gasteiger partial charge in [0.1, 0.15) is 6.04 Å². The summed E-state index contributed by atoms with van der Waals surface area (Å²) in [7, 11) is 0. The maximum absolute atomic E-state index is 11.4. The summed E-state index contributed by atoms with van der Waals surface area (Å²) in [6.45, 7) is 3.58. The summed E-state index contributed by atoms with van der Waals surface area (Å²) in [5.74, 6) is -1.15. The number of amides is 1. The first-order chi connectivity index (χ1) is 14.5. The van der Waals surface area contributed by atoms with Crippen LogP contribution in [0.3, 0.4) is 0 Å². The van der Waals surface area contributed by atoms with Gasteiger partial charge < -0.3 is 20.9 Å². The Balaban J connectivity index is 0.000000769. The molecular weight excluding hydrogens is 384 g/mol. The summed E-state index contributed by atoms with van der Waals surface area (Å²) in [5, 5.41) is 10.6. The first-order valence-electron chi connectivity index (χ1n) is 11.9. The molecule has 1 atom stereocenters. The maximum Gasteiger partial charge on any atom is 0.326 e. The standard InChI is InChI=1S/C18H37NO2.C5H7NO3/c1-2-3-4-5-6-7-8-9-10-14-17-21-18(20)15-12-11-13-16-19;7-4-2-1-3(6-4)5(8)9/h2-17,19H2,1H3;3H,1-2H2,(H,6,7)(H,8,9). The van der Waals surface area contributed by atoms with Gasteiger partial charge >= 0.3 is 11.9 Å². The summed E-state index contributed by atoms with van der Waals surface area (Å²) in [6, 6.07) is -0.641. The van der Waals surface area contributed by atoms with Gasteiger partial charge in [-0.15, -0.1) is 0 Å². The van der Waals surface area contributed by atoms with E-state index in [1.54, 1.807) is 0 Å². The van der Waals surface area contributed by atoms with Crippen molar-refractivity contribution in [1.29, 1.82) is 0 Å². The fraction of sp³-hybridized carbons (Fsp3) is 0.870. The highest BCUT2D eigenvalue weighted by atomic mass is 16.5. The Morgan fingerprint density at radius 3 is 2.00 bits per heavy atom. The first-order valence-corrected chi connectivity index (χ1v) is 11.9. The number of hydrogen-bond donors (Lipinski definition) is 3. The van der Waals surface area contributed by atoms with E-state index in [4.69, 9.17) is 15.6 Å². The molecule has 1 aliphatic rings. The maximum atomic E-state index is 11.4. The topological polar surface area (TPSA) is 119 Å². The quantitative estimate of drug-likeness (QED) is 0.234. The number of nitrogens with two attached hydrogens (primary N) is 1. The Hall–Kier alpha value is -1.63. The average molecular weight is 429 g/mol. The van der Waals surface area contributed by atoms with Gasteiger partial charge in [0.2, 0.25) is 5.91 Å². The van der Waals surface area contributed by atoms with Gasteiger partial charge in [0, 0.05) is 12.8 Å². The van der Waals surface area contributed by atoms with E-state index in [1.807, 2.05) is 0 Å². The Labute approximate surface area is 182 Å². The zero-order valence-electron chi connectivity index (χ0n) is 19.0. The van der Waals surface area contributed by atoms with Crippen LogP contribution in [-0.2, 0) is 19.1 Å². The smallest absolute Gasteiger partial charge is 0.326 e. The molecule has 4 N–H and O–H groups in total. The monoisotopic (exact) mass is 428 g/mol. The summed E-state index contributed by atoms with van der Waals surface area (Å²) < 4.78 is 5.22. The highest BCUT2D eigenvalue weighted by Crippen LogP contribution is 2.10. The number of carboxylic acid groups (broad SMARTS) is 1. The van der Waals surface area contributed by atoms with Crippen molar-refractivity contribution in [2.75, 3.05) is 13.2 Å². The van der Waals surface area contributed by atoms with Crippen molar-refractivity contribution in [1.82, 2.24) is 5.32 Å². The lowest BCUT2D eigenvalue weighted by Crippen LogP contribution is -2.32. The van der Waals surface area contributed by atoms with E-state index in [0.717, 1.165) is 25.7 Å². The molecule has 1 amide bonds. The minimum Gasteiger partial charge on any atom is -0.480 e. The molecule has 0 saturated carbocycles. The van der Waals surface area contributed by atoms with E-state index in [2.05, 4.69) is 12.2 Å². The van der Waals surface area contributed by atoms with Crippen molar-refractivity contribution >= 4 is 17.8 Å². The second kappa shape index (κ2) is 20.6. The molecule has 1 aliphatic heterocycles. The SMILES string of the molecule is CCCCCCCCCCCCOC(=O)CCCCCN.O=C1CCC(C(=O)O)N1. The molecule has 0 aliphatic carbocycles. The molecule has 7 nitrogen and oxygen atoms in total. The number of unbranched alkanes of at least 4 members (excludes halogenated alkanes) is 11. The summed E-state index contributed by atoms with van der Waals surface area (Å²) in [5.41, 5.74) is 5.41. The van der Waals surface area contributed by atoms with Gasteiger partial charge in [0.15, 0.2) is 0 Å². The van der Waals surface area contributed by atoms with Crippen LogP contribution in [0.4, 0.5) is 0 Å². The van der Waals surface area contributed by atoms with Gasteiger partial charge in [-0.1, -0.05) is 71.1 Å². The highest BCUT2D eigenvalue weighted by molar-refractivity contribution is 5.87. The van der Waals surface area contributed by atoms with Crippen molar-refractivity contribution in [3.05, 3.63) is 0 Å². The van der Waals surface area contributed by atoms with Crippen LogP contribution in [0.1, 0.15) is 110 Å². The van der Waals surface area contributed by atoms with Crippen LogP contribution in [0, 0.1) is 0 Å². The number of carbonyl (C=O) groups is 3. The van der Waals surface area contributed by atoms with Crippen LogP contribution >= 0.6 is 0 Å². The molecule has 1 rings (SSSR count). The van der Waals surface area contributed by atoms with Gasteiger partial charge in [-0.05, 0) is 32.2 Å². The van der Waals surface area contributed by atoms with Crippen molar-refractivity contribution in [2.45, 2.75) is 116 Å². The molecule has 0 spiro atoms. The van der Waals surface area contributed by atoms with Crippen LogP contribution in [0.2, 0.25) is 0 Å². The molecule has 0 aromatic heterocycles. The molecular formula is C23H44N2O5. The van der Waals surface area contributed by atoms with E-state index in [9.17, 15) is 14.4 Å². The molecule has 0 radical (unpaired) electrons. The van der Waals surface area contributed by atoms with Crippen LogP contribution < -0.4 is 11.1 Å². The van der Waals surface area contributed by atoms with Crippen molar-refractivity contribution in [3.63, 3.8) is 0 Å². The lowest BCUT2D eigenvalue weighted by molar-refractivity contribution is -0.144. The molecule has 1 heterocycles. The molecule has 1 saturated heterocycles. The normalized spacial score (nSPS) is 15.3. The number of rotatable bonds is 17. The fourth-order valence-corrected chi connectivity index (χ4v) is 3.24. The van der Waals surface area contributed by atoms with E-state index in [-0.39, 0.29) is 11.9 Å². The number of ether oxygens (including phenoxy) is 1. The van der Waals surface area contributed by atoms with E-state index >= 15 is 0 Å². The van der Waals surface area contributed by atoms with Gasteiger partial charge in [-0.3, -0.25) is 9.59 Å². The van der Waals surface area contributed by atoms with E-state index in [1.165, 1.54) is 57.8 Å². The van der Waals surface area contributed by atoms with E-state index < -0.39 is 12.0 Å². The molecule has 1 fully saturated rings. The van der Waals surface area contributed by atoms with Gasteiger partial charge in [-0.25, -0.2) is 4.79 Å². The number of nitrogens with one attached hydrogen (secondary N) is 1. The number of esters is 1. The third kappa shape index (κ3) is 18.4. The molecule has 0 aromatic carbocycles. The predicted molar refractivity (Wildman–Crippen MR) is 119 cm³/mol.